The molecule has 1 saturated heterocycles. The van der Waals surface area contributed by atoms with Crippen LogP contribution in [0.3, 0.4) is 0 Å². The third kappa shape index (κ3) is 5.20. The van der Waals surface area contributed by atoms with Gasteiger partial charge in [0.2, 0.25) is 0 Å². The normalized spacial score (nSPS) is 13.9. The molecule has 8 nitrogen and oxygen atoms in total. The second-order valence-electron chi connectivity index (χ2n) is 10.5. The van der Waals surface area contributed by atoms with Crippen LogP contribution >= 0.6 is 0 Å². The van der Waals surface area contributed by atoms with E-state index in [0.717, 1.165) is 35.6 Å². The Morgan fingerprint density at radius 1 is 0.825 bits per heavy atom. The minimum Gasteiger partial charge on any atom is -0.372 e. The van der Waals surface area contributed by atoms with Crippen LogP contribution < -0.4 is 15.5 Å². The maximum atomic E-state index is 12.9. The summed E-state index contributed by atoms with van der Waals surface area (Å²) in [6, 6.07) is 24.8. The lowest BCUT2D eigenvalue weighted by atomic mass is 9.98. The molecule has 0 saturated carbocycles. The summed E-state index contributed by atoms with van der Waals surface area (Å²) in [6.45, 7) is 4.44. The Bertz CT molecular complexity index is 1660. The van der Waals surface area contributed by atoms with Gasteiger partial charge < -0.3 is 20.1 Å². The van der Waals surface area contributed by atoms with E-state index in [1.807, 2.05) is 90.7 Å². The number of amides is 2. The number of rotatable bonds is 6. The summed E-state index contributed by atoms with van der Waals surface area (Å²) < 4.78 is 3.62. The maximum Gasteiger partial charge on any atom is 0.272 e. The number of piperidine rings is 1. The monoisotopic (exact) mass is 532 g/mol. The van der Waals surface area contributed by atoms with Crippen molar-refractivity contribution in [3.8, 4) is 5.69 Å². The van der Waals surface area contributed by atoms with Gasteiger partial charge in [-0.2, -0.15) is 5.10 Å². The van der Waals surface area contributed by atoms with E-state index in [9.17, 15) is 9.59 Å². The van der Waals surface area contributed by atoms with Crippen molar-refractivity contribution < 1.29 is 9.59 Å². The molecule has 5 aromatic rings. The average molecular weight is 533 g/mol. The summed E-state index contributed by atoms with van der Waals surface area (Å²) in [6.07, 6.45) is 6.04. The highest BCUT2D eigenvalue weighted by molar-refractivity contribution is 6.05. The Kier molecular flexibility index (Phi) is 6.82. The molecule has 2 N–H and O–H groups in total. The van der Waals surface area contributed by atoms with E-state index in [4.69, 9.17) is 0 Å². The summed E-state index contributed by atoms with van der Waals surface area (Å²) in [5, 5.41) is 11.4. The van der Waals surface area contributed by atoms with Gasteiger partial charge in [-0.05, 0) is 97.6 Å². The lowest BCUT2D eigenvalue weighted by Crippen LogP contribution is -2.32. The second-order valence-corrected chi connectivity index (χ2v) is 10.5. The molecule has 3 heterocycles. The van der Waals surface area contributed by atoms with Crippen LogP contribution in [-0.2, 0) is 7.05 Å². The van der Waals surface area contributed by atoms with Crippen molar-refractivity contribution in [3.05, 3.63) is 103 Å². The molecule has 0 bridgehead atoms. The number of carbonyl (C=O) groups excluding carboxylic acids is 2. The third-order valence-corrected chi connectivity index (χ3v) is 7.65. The van der Waals surface area contributed by atoms with Crippen LogP contribution in [0.2, 0.25) is 0 Å². The largest absolute Gasteiger partial charge is 0.372 e. The Hall–Kier alpha value is -4.85. The van der Waals surface area contributed by atoms with E-state index in [2.05, 4.69) is 27.6 Å². The Labute approximate surface area is 233 Å². The molecule has 1 aliphatic rings. The van der Waals surface area contributed by atoms with Gasteiger partial charge >= 0.3 is 0 Å². The third-order valence-electron chi connectivity index (χ3n) is 7.65. The fraction of sp³-hybridized carbons (Fsp3) is 0.219. The van der Waals surface area contributed by atoms with Crippen LogP contribution in [0.15, 0.2) is 91.3 Å². The first kappa shape index (κ1) is 25.4. The van der Waals surface area contributed by atoms with E-state index in [1.165, 1.54) is 18.5 Å². The highest BCUT2D eigenvalue weighted by Gasteiger charge is 2.17. The number of nitrogens with zero attached hydrogens (tertiary/aromatic N) is 4. The molecule has 40 heavy (non-hydrogen) atoms. The second kappa shape index (κ2) is 10.7. The van der Waals surface area contributed by atoms with Crippen molar-refractivity contribution in [1.82, 2.24) is 14.3 Å². The van der Waals surface area contributed by atoms with Crippen molar-refractivity contribution in [2.45, 2.75) is 19.8 Å². The number of hydrogen-bond donors (Lipinski definition) is 2. The van der Waals surface area contributed by atoms with Crippen molar-refractivity contribution in [2.75, 3.05) is 28.6 Å². The minimum absolute atomic E-state index is 0.140. The molecular formula is C32H32N6O2. The first-order valence-corrected chi connectivity index (χ1v) is 13.6. The quantitative estimate of drug-likeness (QED) is 0.277. The standard InChI is InChI=1S/C32H32N6O2/c1-22-15-18-37(19-16-22)27-10-5-23(6-11-27)31(39)35-26-9-14-29-24(20-26)21-33-38(29)28-12-7-25(8-13-28)34-32(40)30-4-3-17-36(30)2/h3-14,17,20-22H,15-16,18-19H2,1-2H3,(H,34,40)(H,35,39). The average Bonchev–Trinajstić information content (AvgIpc) is 3.60. The van der Waals surface area contributed by atoms with Crippen LogP contribution in [0.4, 0.5) is 17.1 Å². The van der Waals surface area contributed by atoms with Gasteiger partial charge in [0.1, 0.15) is 5.69 Å². The van der Waals surface area contributed by atoms with Gasteiger partial charge in [-0.1, -0.05) is 6.92 Å². The zero-order chi connectivity index (χ0) is 27.6. The number of hydrogen-bond acceptors (Lipinski definition) is 4. The maximum absolute atomic E-state index is 12.9. The Morgan fingerprint density at radius 2 is 1.50 bits per heavy atom. The predicted molar refractivity (Wildman–Crippen MR) is 159 cm³/mol. The summed E-state index contributed by atoms with van der Waals surface area (Å²) in [5.41, 5.74) is 5.59. The molecule has 8 heteroatoms. The zero-order valence-electron chi connectivity index (χ0n) is 22.7. The molecular weight excluding hydrogens is 500 g/mol. The minimum atomic E-state index is -0.160. The van der Waals surface area contributed by atoms with E-state index in [0.29, 0.717) is 22.6 Å². The van der Waals surface area contributed by atoms with Crippen molar-refractivity contribution in [1.29, 1.82) is 0 Å². The van der Waals surface area contributed by atoms with E-state index < -0.39 is 0 Å². The SMILES string of the molecule is CC1CCN(c2ccc(C(=O)Nc3ccc4c(cnn4-c4ccc(NC(=O)c5cccn5C)cc4)c3)cc2)CC1. The molecule has 3 aromatic carbocycles. The molecule has 1 aliphatic heterocycles. The zero-order valence-corrected chi connectivity index (χ0v) is 22.7. The molecule has 6 rings (SSSR count). The Morgan fingerprint density at radius 3 is 2.20 bits per heavy atom. The van der Waals surface area contributed by atoms with E-state index in [1.54, 1.807) is 16.8 Å². The number of anilines is 3. The van der Waals surface area contributed by atoms with Crippen LogP contribution in [-0.4, -0.2) is 39.3 Å². The summed E-state index contributed by atoms with van der Waals surface area (Å²) in [7, 11) is 1.84. The van der Waals surface area contributed by atoms with Crippen molar-refractivity contribution in [2.24, 2.45) is 13.0 Å². The number of nitrogens with one attached hydrogen (secondary N) is 2. The number of carbonyl (C=O) groups is 2. The van der Waals surface area contributed by atoms with Gasteiger partial charge in [0, 0.05) is 54.3 Å². The molecule has 2 amide bonds. The molecule has 2 aromatic heterocycles. The first-order chi connectivity index (χ1) is 19.4. The highest BCUT2D eigenvalue weighted by atomic mass is 16.2. The van der Waals surface area contributed by atoms with Crippen LogP contribution in [0, 0.1) is 5.92 Å². The molecule has 0 spiro atoms. The van der Waals surface area contributed by atoms with E-state index >= 15 is 0 Å². The molecule has 202 valence electrons. The van der Waals surface area contributed by atoms with Gasteiger partial charge in [-0.25, -0.2) is 4.68 Å². The van der Waals surface area contributed by atoms with Crippen molar-refractivity contribution in [3.63, 3.8) is 0 Å². The number of fused-ring (bicyclic) bond motifs is 1. The predicted octanol–water partition coefficient (Wildman–Crippen LogP) is 6.10. The molecule has 0 unspecified atom stereocenters. The smallest absolute Gasteiger partial charge is 0.272 e. The molecule has 1 fully saturated rings. The summed E-state index contributed by atoms with van der Waals surface area (Å²) >= 11 is 0. The van der Waals surface area contributed by atoms with Gasteiger partial charge in [0.15, 0.2) is 0 Å². The van der Waals surface area contributed by atoms with Gasteiger partial charge in [-0.3, -0.25) is 9.59 Å². The number of aromatic nitrogens is 3. The Balaban J connectivity index is 1.12. The van der Waals surface area contributed by atoms with Crippen LogP contribution in [0.25, 0.3) is 16.6 Å². The topological polar surface area (TPSA) is 84.2 Å². The van der Waals surface area contributed by atoms with Gasteiger partial charge in [0.25, 0.3) is 11.8 Å². The van der Waals surface area contributed by atoms with Crippen LogP contribution in [0.1, 0.15) is 40.6 Å². The molecule has 0 aliphatic carbocycles. The lowest BCUT2D eigenvalue weighted by molar-refractivity contribution is 0.101. The van der Waals surface area contributed by atoms with Gasteiger partial charge in [-0.15, -0.1) is 0 Å². The lowest BCUT2D eigenvalue weighted by Gasteiger charge is -2.32. The highest BCUT2D eigenvalue weighted by Crippen LogP contribution is 2.25. The molecule has 0 radical (unpaired) electrons. The summed E-state index contributed by atoms with van der Waals surface area (Å²) in [4.78, 5) is 27.8. The van der Waals surface area contributed by atoms with Crippen LogP contribution in [0.5, 0.6) is 0 Å². The fourth-order valence-electron chi connectivity index (χ4n) is 5.19. The van der Waals surface area contributed by atoms with Gasteiger partial charge in [0.05, 0.1) is 17.4 Å². The van der Waals surface area contributed by atoms with E-state index in [-0.39, 0.29) is 11.8 Å². The first-order valence-electron chi connectivity index (χ1n) is 13.6. The molecule has 0 atom stereocenters. The van der Waals surface area contributed by atoms with Crippen molar-refractivity contribution >= 4 is 39.8 Å². The number of aryl methyl sites for hydroxylation is 1. The fourth-order valence-corrected chi connectivity index (χ4v) is 5.19. The summed E-state index contributed by atoms with van der Waals surface area (Å²) in [5.74, 6) is 0.483. The number of benzene rings is 3.